The number of amides is 1. The summed E-state index contributed by atoms with van der Waals surface area (Å²) in [6.45, 7) is 2.53. The Labute approximate surface area is 203 Å². The summed E-state index contributed by atoms with van der Waals surface area (Å²) in [4.78, 5) is 32.6. The van der Waals surface area contributed by atoms with E-state index in [-0.39, 0.29) is 22.1 Å². The molecule has 1 saturated heterocycles. The number of likely N-dealkylation sites (tertiary alicyclic amines) is 1. The number of rotatable bonds is 6. The number of piperidine rings is 1. The number of nitrogen functional groups attached to an aromatic ring is 1. The molecule has 3 aromatic rings. The molecular weight excluding hydrogens is 446 g/mol. The molecule has 0 aliphatic carbocycles. The Kier molecular flexibility index (Phi) is 6.70. The van der Waals surface area contributed by atoms with Crippen LogP contribution in [0, 0.1) is 10.0 Å². The van der Waals surface area contributed by atoms with Gasteiger partial charge in [-0.3, -0.25) is 9.59 Å². The van der Waals surface area contributed by atoms with E-state index in [1.807, 2.05) is 60.7 Å². The van der Waals surface area contributed by atoms with Gasteiger partial charge < -0.3 is 20.6 Å². The van der Waals surface area contributed by atoms with Gasteiger partial charge in [0.15, 0.2) is 0 Å². The third kappa shape index (κ3) is 4.17. The first-order valence-corrected chi connectivity index (χ1v) is 11.6. The normalized spacial score (nSPS) is 16.0. The fourth-order valence-corrected chi connectivity index (χ4v) is 5.07. The van der Waals surface area contributed by atoms with Crippen molar-refractivity contribution >= 4 is 35.9 Å². The highest BCUT2D eigenvalue weighted by Crippen LogP contribution is 2.37. The van der Waals surface area contributed by atoms with E-state index >= 15 is 0 Å². The molecule has 1 aliphatic rings. The number of ketones is 1. The Bertz CT molecular complexity index is 1270. The molecule has 2 aromatic carbocycles. The van der Waals surface area contributed by atoms with Gasteiger partial charge in [0.1, 0.15) is 22.3 Å². The first-order valence-electron chi connectivity index (χ1n) is 11.2. The van der Waals surface area contributed by atoms with Gasteiger partial charge in [-0.1, -0.05) is 72.9 Å². The molecule has 174 valence electrons. The number of carbonyl (C=O) groups is 2. The predicted molar refractivity (Wildman–Crippen MR) is 135 cm³/mol. The lowest BCUT2D eigenvalue weighted by molar-refractivity contribution is -0.137. The lowest BCUT2D eigenvalue weighted by Crippen LogP contribution is -2.50. The topological polar surface area (TPSA) is 105 Å². The summed E-state index contributed by atoms with van der Waals surface area (Å²) in [7, 11) is 0. The van der Waals surface area contributed by atoms with Crippen LogP contribution in [-0.4, -0.2) is 45.4 Å². The number of anilines is 1. The molecule has 8 heteroatoms. The number of nitrogens with one attached hydrogen (secondary N) is 1. The number of hydrogen-bond acceptors (Lipinski definition) is 6. The average molecular weight is 474 g/mol. The second-order valence-corrected chi connectivity index (χ2v) is 8.93. The largest absolute Gasteiger partial charge is 0.383 e. The molecule has 34 heavy (non-hydrogen) atoms. The van der Waals surface area contributed by atoms with Crippen molar-refractivity contribution in [2.75, 3.05) is 18.8 Å². The van der Waals surface area contributed by atoms with Gasteiger partial charge in [-0.15, -0.1) is 0 Å². The number of carbonyl (C=O) groups excluding carboxylic acids is 2. The van der Waals surface area contributed by atoms with Crippen molar-refractivity contribution in [2.24, 2.45) is 0 Å². The summed E-state index contributed by atoms with van der Waals surface area (Å²) >= 11 is 5.59. The van der Waals surface area contributed by atoms with Crippen LogP contribution in [0.5, 0.6) is 0 Å². The smallest absolute Gasteiger partial charge is 0.250 e. The monoisotopic (exact) mass is 473 g/mol. The fourth-order valence-electron chi connectivity index (χ4n) is 4.76. The van der Waals surface area contributed by atoms with E-state index in [1.165, 1.54) is 6.33 Å². The summed E-state index contributed by atoms with van der Waals surface area (Å²) < 4.78 is 1.89. The third-order valence-electron chi connectivity index (χ3n) is 6.76. The van der Waals surface area contributed by atoms with Crippen LogP contribution in [-0.2, 0) is 15.0 Å². The molecule has 0 radical (unpaired) electrons. The Morgan fingerprint density at radius 2 is 1.68 bits per heavy atom. The summed E-state index contributed by atoms with van der Waals surface area (Å²) in [6, 6.07) is 18.4. The molecule has 1 amide bonds. The zero-order valence-corrected chi connectivity index (χ0v) is 19.8. The maximum absolute atomic E-state index is 13.9. The minimum Gasteiger partial charge on any atom is -0.383 e. The zero-order chi connectivity index (χ0) is 24.3. The van der Waals surface area contributed by atoms with Crippen molar-refractivity contribution in [2.45, 2.75) is 31.2 Å². The highest BCUT2D eigenvalue weighted by atomic mass is 32.1. The second-order valence-electron chi connectivity index (χ2n) is 8.54. The van der Waals surface area contributed by atoms with Crippen molar-refractivity contribution in [3.8, 4) is 0 Å². The second kappa shape index (κ2) is 9.69. The van der Waals surface area contributed by atoms with Crippen LogP contribution in [0.1, 0.15) is 42.5 Å². The van der Waals surface area contributed by atoms with Crippen LogP contribution in [0.25, 0.3) is 0 Å². The molecule has 7 nitrogen and oxygen atoms in total. The molecular formula is C26H27N5O2S. The molecule has 0 spiro atoms. The minimum absolute atomic E-state index is 0.117. The Balaban J connectivity index is 1.69. The molecule has 4 rings (SSSR count). The maximum atomic E-state index is 13.9. The van der Waals surface area contributed by atoms with E-state index in [0.717, 1.165) is 17.3 Å². The number of nitrogens with zero attached hydrogens (tertiary/aromatic N) is 3. The molecule has 1 aromatic heterocycles. The molecule has 2 heterocycles. The van der Waals surface area contributed by atoms with E-state index in [0.29, 0.717) is 31.5 Å². The molecule has 1 atom stereocenters. The standard InChI is InChI=1S/C26H27N5O2S/c1-18(32)26(20-10-6-3-7-11-20)12-14-30(15-13-26)24(33)22(19-8-4-2-5-9-19)31-17-29-23(28)21(16-27)25(31)34/h2-11,16-17,22,27H,12-15,28H2,1H3. The minimum atomic E-state index is -0.748. The number of hydrogen-bond donors (Lipinski definition) is 2. The summed E-state index contributed by atoms with van der Waals surface area (Å²) in [5.74, 6) is 0.142. The third-order valence-corrected chi connectivity index (χ3v) is 7.19. The van der Waals surface area contributed by atoms with Crippen molar-refractivity contribution in [1.29, 1.82) is 5.41 Å². The van der Waals surface area contributed by atoms with E-state index in [9.17, 15) is 9.59 Å². The Hall–Kier alpha value is -3.65. The van der Waals surface area contributed by atoms with E-state index in [4.69, 9.17) is 23.4 Å². The Morgan fingerprint density at radius 3 is 2.24 bits per heavy atom. The van der Waals surface area contributed by atoms with Crippen LogP contribution in [0.4, 0.5) is 5.82 Å². The van der Waals surface area contributed by atoms with Crippen LogP contribution in [0.15, 0.2) is 67.0 Å². The van der Waals surface area contributed by atoms with Gasteiger partial charge in [-0.2, -0.15) is 0 Å². The number of Topliss-reactive ketones (excluding diaryl/α,β-unsaturated/α-hetero) is 1. The number of aromatic nitrogens is 2. The fraction of sp³-hybridized carbons (Fsp3) is 0.269. The molecule has 1 aliphatic heterocycles. The highest BCUT2D eigenvalue weighted by Gasteiger charge is 2.42. The summed E-state index contributed by atoms with van der Waals surface area (Å²) in [6.07, 6.45) is 3.64. The molecule has 1 fully saturated rings. The van der Waals surface area contributed by atoms with Gasteiger partial charge >= 0.3 is 0 Å². The van der Waals surface area contributed by atoms with Gasteiger partial charge in [0.25, 0.3) is 0 Å². The molecule has 3 N–H and O–H groups in total. The highest BCUT2D eigenvalue weighted by molar-refractivity contribution is 7.71. The van der Waals surface area contributed by atoms with Gasteiger partial charge in [0.05, 0.1) is 17.3 Å². The maximum Gasteiger partial charge on any atom is 0.250 e. The summed E-state index contributed by atoms with van der Waals surface area (Å²) in [5, 5.41) is 7.68. The number of benzene rings is 2. The van der Waals surface area contributed by atoms with Gasteiger partial charge in [0.2, 0.25) is 5.91 Å². The van der Waals surface area contributed by atoms with Gasteiger partial charge in [-0.05, 0) is 30.9 Å². The van der Waals surface area contributed by atoms with Gasteiger partial charge in [-0.25, -0.2) is 4.98 Å². The van der Waals surface area contributed by atoms with E-state index < -0.39 is 11.5 Å². The lowest BCUT2D eigenvalue weighted by atomic mass is 9.70. The predicted octanol–water partition coefficient (Wildman–Crippen LogP) is 3.93. The van der Waals surface area contributed by atoms with E-state index in [2.05, 4.69) is 4.98 Å². The van der Waals surface area contributed by atoms with E-state index in [1.54, 1.807) is 16.4 Å². The van der Waals surface area contributed by atoms with Crippen LogP contribution < -0.4 is 5.73 Å². The molecule has 0 saturated carbocycles. The SMILES string of the molecule is CC(=O)C1(c2ccccc2)CCN(C(=O)C(c2ccccc2)n2cnc(N)c(C=N)c2=S)CC1. The number of nitrogens with two attached hydrogens (primary N) is 1. The summed E-state index contributed by atoms with van der Waals surface area (Å²) in [5.41, 5.74) is 7.38. The average Bonchev–Trinajstić information content (AvgIpc) is 2.87. The quantitative estimate of drug-likeness (QED) is 0.417. The van der Waals surface area contributed by atoms with Crippen LogP contribution >= 0.6 is 12.2 Å². The van der Waals surface area contributed by atoms with Crippen molar-refractivity contribution in [1.82, 2.24) is 14.5 Å². The van der Waals surface area contributed by atoms with Gasteiger partial charge in [0, 0.05) is 19.3 Å². The van der Waals surface area contributed by atoms with Crippen LogP contribution in [0.3, 0.4) is 0 Å². The first kappa shape index (κ1) is 23.5. The van der Waals surface area contributed by atoms with Crippen molar-refractivity contribution in [3.63, 3.8) is 0 Å². The van der Waals surface area contributed by atoms with Crippen LogP contribution in [0.2, 0.25) is 0 Å². The molecule has 0 bridgehead atoms. The van der Waals surface area contributed by atoms with Crippen molar-refractivity contribution in [3.05, 3.63) is 88.3 Å². The Morgan fingerprint density at radius 1 is 1.09 bits per heavy atom. The molecule has 1 unspecified atom stereocenters. The lowest BCUT2D eigenvalue weighted by Gasteiger charge is -2.41. The van der Waals surface area contributed by atoms with Crippen molar-refractivity contribution < 1.29 is 9.59 Å². The zero-order valence-electron chi connectivity index (χ0n) is 19.0. The first-order chi connectivity index (χ1) is 16.4.